The number of halogens is 3. The lowest BCUT2D eigenvalue weighted by molar-refractivity contribution is -0.141. The number of hydrogen-bond donors (Lipinski definition) is 1. The van der Waals surface area contributed by atoms with Crippen LogP contribution in [-0.4, -0.2) is 34.4 Å². The average Bonchev–Trinajstić information content (AvgIpc) is 2.85. The topological polar surface area (TPSA) is 31.4 Å². The molecule has 0 bridgehead atoms. The van der Waals surface area contributed by atoms with Crippen LogP contribution in [0.3, 0.4) is 0 Å². The van der Waals surface area contributed by atoms with Crippen molar-refractivity contribution in [3.8, 4) is 0 Å². The number of likely N-dealkylation sites (tertiary alicyclic amines) is 1. The van der Waals surface area contributed by atoms with Crippen molar-refractivity contribution in [2.75, 3.05) is 25.0 Å². The van der Waals surface area contributed by atoms with Crippen LogP contribution >= 0.6 is 0 Å². The van der Waals surface area contributed by atoms with E-state index in [-0.39, 0.29) is 0 Å². The van der Waals surface area contributed by atoms with Gasteiger partial charge in [0.1, 0.15) is 5.69 Å². The Morgan fingerprint density at radius 3 is 2.54 bits per heavy atom. The van der Waals surface area contributed by atoms with Gasteiger partial charge in [-0.1, -0.05) is 19.2 Å². The molecule has 4 nitrogen and oxygen atoms in total. The zero-order valence-electron chi connectivity index (χ0n) is 20.3. The van der Waals surface area contributed by atoms with Crippen LogP contribution in [0.4, 0.5) is 18.9 Å². The first kappa shape index (κ1) is 24.6. The molecule has 0 unspecified atom stereocenters. The minimum absolute atomic E-state index is 0.340. The third-order valence-corrected chi connectivity index (χ3v) is 6.51. The van der Waals surface area contributed by atoms with Crippen LogP contribution in [-0.2, 0) is 6.18 Å². The number of alkyl halides is 3. The van der Waals surface area contributed by atoms with Gasteiger partial charge in [0, 0.05) is 54.6 Å². The number of nitrogens with zero attached hydrogens (tertiary/aromatic N) is 3. The van der Waals surface area contributed by atoms with Crippen molar-refractivity contribution in [2.24, 2.45) is 0 Å². The van der Waals surface area contributed by atoms with E-state index in [0.29, 0.717) is 11.3 Å². The highest BCUT2D eigenvalue weighted by Gasteiger charge is 2.32. The zero-order valence-corrected chi connectivity index (χ0v) is 20.3. The van der Waals surface area contributed by atoms with Gasteiger partial charge >= 0.3 is 6.18 Å². The number of aromatic nitrogens is 1. The monoisotopic (exact) mass is 480 g/mol. The number of anilines is 1. The Labute approximate surface area is 205 Å². The lowest BCUT2D eigenvalue weighted by Crippen LogP contribution is -2.34. The molecule has 0 aliphatic carbocycles. The van der Waals surface area contributed by atoms with E-state index in [9.17, 15) is 13.2 Å². The van der Waals surface area contributed by atoms with E-state index < -0.39 is 11.9 Å². The van der Waals surface area contributed by atoms with E-state index in [1.54, 1.807) is 0 Å². The minimum Gasteiger partial charge on any atom is -0.370 e. The molecular formula is C28H31F3N4. The molecule has 1 saturated heterocycles. The predicted molar refractivity (Wildman–Crippen MR) is 136 cm³/mol. The molecule has 1 aromatic heterocycles. The maximum Gasteiger partial charge on any atom is 0.433 e. The molecule has 4 rings (SSSR count). The summed E-state index contributed by atoms with van der Waals surface area (Å²) in [5.41, 5.74) is 5.93. The molecule has 1 N–H and O–H groups in total. The summed E-state index contributed by atoms with van der Waals surface area (Å²) in [5, 5.41) is 3.17. The summed E-state index contributed by atoms with van der Waals surface area (Å²) in [7, 11) is 0. The first-order valence-corrected chi connectivity index (χ1v) is 11.9. The Morgan fingerprint density at radius 1 is 1.11 bits per heavy atom. The molecule has 1 fully saturated rings. The van der Waals surface area contributed by atoms with Gasteiger partial charge in [-0.3, -0.25) is 4.98 Å². The van der Waals surface area contributed by atoms with Crippen molar-refractivity contribution >= 4 is 17.0 Å². The van der Waals surface area contributed by atoms with Crippen LogP contribution in [0.15, 0.2) is 73.4 Å². The van der Waals surface area contributed by atoms with Gasteiger partial charge in [0.25, 0.3) is 0 Å². The first-order valence-electron chi connectivity index (χ1n) is 11.9. The molecular weight excluding hydrogens is 449 g/mol. The van der Waals surface area contributed by atoms with E-state index in [4.69, 9.17) is 0 Å². The van der Waals surface area contributed by atoms with Crippen LogP contribution in [0.5, 0.6) is 0 Å². The van der Waals surface area contributed by atoms with Crippen LogP contribution in [0.1, 0.15) is 48.6 Å². The van der Waals surface area contributed by atoms with E-state index in [2.05, 4.69) is 59.4 Å². The SMILES string of the molecule is C=C(Nc1ccc(C)c(C2=CN(CC)C(=C)C(N3CCCCC3)=C2)c1)c1ccnc(C(F)(F)F)c1. The molecule has 0 radical (unpaired) electrons. The number of allylic oxidation sites excluding steroid dienone is 2. The Balaban J connectivity index is 1.63. The van der Waals surface area contributed by atoms with Gasteiger partial charge in [0.15, 0.2) is 0 Å². The van der Waals surface area contributed by atoms with Crippen molar-refractivity contribution in [2.45, 2.75) is 39.3 Å². The summed E-state index contributed by atoms with van der Waals surface area (Å²) < 4.78 is 39.2. The van der Waals surface area contributed by atoms with Gasteiger partial charge in [0.2, 0.25) is 0 Å². The number of rotatable bonds is 6. The molecule has 2 aliphatic heterocycles. The second kappa shape index (κ2) is 10.0. The molecule has 35 heavy (non-hydrogen) atoms. The summed E-state index contributed by atoms with van der Waals surface area (Å²) in [6.45, 7) is 15.3. The Bertz CT molecular complexity index is 1190. The molecule has 0 spiro atoms. The average molecular weight is 481 g/mol. The maximum absolute atomic E-state index is 13.1. The van der Waals surface area contributed by atoms with E-state index in [1.807, 2.05) is 18.2 Å². The summed E-state index contributed by atoms with van der Waals surface area (Å²) in [4.78, 5) is 8.02. The maximum atomic E-state index is 13.1. The van der Waals surface area contributed by atoms with Crippen LogP contribution in [0.25, 0.3) is 11.3 Å². The molecule has 0 atom stereocenters. The van der Waals surface area contributed by atoms with Gasteiger partial charge < -0.3 is 15.1 Å². The number of piperidine rings is 1. The molecule has 0 amide bonds. The van der Waals surface area contributed by atoms with Gasteiger partial charge in [-0.2, -0.15) is 13.2 Å². The third-order valence-electron chi connectivity index (χ3n) is 6.51. The molecule has 3 heterocycles. The second-order valence-corrected chi connectivity index (χ2v) is 8.96. The van der Waals surface area contributed by atoms with Crippen molar-refractivity contribution in [3.05, 3.63) is 95.7 Å². The summed E-state index contributed by atoms with van der Waals surface area (Å²) in [5.74, 6) is 0. The number of likely N-dealkylation sites (N-methyl/N-ethyl adjacent to an activating group) is 1. The lowest BCUT2D eigenvalue weighted by Gasteiger charge is -2.37. The quantitative estimate of drug-likeness (QED) is 0.480. The first-order chi connectivity index (χ1) is 16.7. The van der Waals surface area contributed by atoms with Gasteiger partial charge in [-0.25, -0.2) is 0 Å². The number of pyridine rings is 1. The fourth-order valence-electron chi connectivity index (χ4n) is 4.53. The Morgan fingerprint density at radius 2 is 1.86 bits per heavy atom. The van der Waals surface area contributed by atoms with Crippen LogP contribution in [0.2, 0.25) is 0 Å². The van der Waals surface area contributed by atoms with Crippen molar-refractivity contribution < 1.29 is 13.2 Å². The smallest absolute Gasteiger partial charge is 0.370 e. The van der Waals surface area contributed by atoms with E-state index in [0.717, 1.165) is 65.7 Å². The minimum atomic E-state index is -4.51. The fraction of sp³-hybridized carbons (Fsp3) is 0.321. The molecule has 184 valence electrons. The van der Waals surface area contributed by atoms with Crippen molar-refractivity contribution in [3.63, 3.8) is 0 Å². The molecule has 2 aliphatic rings. The largest absolute Gasteiger partial charge is 0.433 e. The van der Waals surface area contributed by atoms with Crippen molar-refractivity contribution in [1.82, 2.24) is 14.8 Å². The fourth-order valence-corrected chi connectivity index (χ4v) is 4.53. The highest BCUT2D eigenvalue weighted by molar-refractivity contribution is 5.83. The number of hydrogen-bond acceptors (Lipinski definition) is 4. The van der Waals surface area contributed by atoms with E-state index >= 15 is 0 Å². The normalized spacial score (nSPS) is 16.7. The van der Waals surface area contributed by atoms with Crippen LogP contribution < -0.4 is 5.32 Å². The Kier molecular flexibility index (Phi) is 7.05. The highest BCUT2D eigenvalue weighted by atomic mass is 19.4. The number of benzene rings is 1. The molecule has 1 aromatic carbocycles. The van der Waals surface area contributed by atoms with Gasteiger partial charge in [-0.05, 0) is 74.6 Å². The zero-order chi connectivity index (χ0) is 25.2. The van der Waals surface area contributed by atoms with Crippen molar-refractivity contribution in [1.29, 1.82) is 0 Å². The Hall–Kier alpha value is -3.48. The lowest BCUT2D eigenvalue weighted by atomic mass is 9.96. The predicted octanol–water partition coefficient (Wildman–Crippen LogP) is 7.05. The molecule has 0 saturated carbocycles. The summed E-state index contributed by atoms with van der Waals surface area (Å²) >= 11 is 0. The third kappa shape index (κ3) is 5.45. The number of aryl methyl sites for hydroxylation is 1. The van der Waals surface area contributed by atoms with Crippen LogP contribution in [0, 0.1) is 6.92 Å². The summed E-state index contributed by atoms with van der Waals surface area (Å²) in [6.07, 6.45) is 4.60. The van der Waals surface area contributed by atoms with E-state index in [1.165, 1.54) is 25.3 Å². The number of nitrogens with one attached hydrogen (secondary N) is 1. The standard InChI is InChI=1S/C28H31F3N4/c1-5-34-18-23(15-26(21(34)4)35-13-7-6-8-14-35)25-17-24(10-9-19(25)2)33-20(3)22-11-12-32-27(16-22)28(29,30)31/h9-12,15-18,33H,3-8,13-14H2,1-2H3. The molecule has 7 heteroatoms. The highest BCUT2D eigenvalue weighted by Crippen LogP contribution is 2.35. The van der Waals surface area contributed by atoms with Gasteiger partial charge in [-0.15, -0.1) is 0 Å². The van der Waals surface area contributed by atoms with Gasteiger partial charge in [0.05, 0.1) is 11.4 Å². The second-order valence-electron chi connectivity index (χ2n) is 8.96. The molecule has 2 aromatic rings. The summed E-state index contributed by atoms with van der Waals surface area (Å²) in [6, 6.07) is 8.46.